The molecule has 21 heavy (non-hydrogen) atoms. The lowest BCUT2D eigenvalue weighted by Gasteiger charge is -2.33. The third-order valence-electron chi connectivity index (χ3n) is 4.10. The topological polar surface area (TPSA) is 66.8 Å². The van der Waals surface area contributed by atoms with E-state index >= 15 is 0 Å². The van der Waals surface area contributed by atoms with Gasteiger partial charge >= 0.3 is 5.97 Å². The molecule has 1 aromatic rings. The summed E-state index contributed by atoms with van der Waals surface area (Å²) in [6, 6.07) is 7.09. The van der Waals surface area contributed by atoms with Crippen molar-refractivity contribution in [1.29, 1.82) is 0 Å². The lowest BCUT2D eigenvalue weighted by molar-refractivity contribution is -0.158. The monoisotopic (exact) mass is 353 g/mol. The third kappa shape index (κ3) is 2.96. The maximum atomic E-state index is 12.5. The van der Waals surface area contributed by atoms with Crippen LogP contribution in [0.25, 0.3) is 0 Å². The average molecular weight is 354 g/mol. The van der Waals surface area contributed by atoms with Crippen LogP contribution in [0, 0.1) is 5.92 Å². The molecule has 1 saturated heterocycles. The van der Waals surface area contributed by atoms with Crippen molar-refractivity contribution in [1.82, 2.24) is 4.90 Å². The van der Waals surface area contributed by atoms with Gasteiger partial charge in [-0.25, -0.2) is 4.79 Å². The molecular formula is C15H16BrNO4. The van der Waals surface area contributed by atoms with Crippen molar-refractivity contribution in [2.24, 2.45) is 5.92 Å². The van der Waals surface area contributed by atoms with Crippen molar-refractivity contribution in [3.05, 3.63) is 34.3 Å². The van der Waals surface area contributed by atoms with E-state index in [4.69, 9.17) is 4.74 Å². The molecule has 0 aromatic heterocycles. The molecule has 6 heteroatoms. The van der Waals surface area contributed by atoms with E-state index in [0.29, 0.717) is 13.2 Å². The van der Waals surface area contributed by atoms with Crippen LogP contribution in [-0.4, -0.2) is 47.7 Å². The molecule has 1 aliphatic heterocycles. The number of aliphatic carboxylic acids is 1. The fourth-order valence-electron chi connectivity index (χ4n) is 2.83. The molecule has 1 heterocycles. The molecular weight excluding hydrogens is 338 g/mol. The number of carbonyl (C=O) groups is 2. The summed E-state index contributed by atoms with van der Waals surface area (Å²) in [6.07, 6.45) is 0.796. The summed E-state index contributed by atoms with van der Waals surface area (Å²) >= 11 is 3.39. The summed E-state index contributed by atoms with van der Waals surface area (Å²) in [5.74, 6) is -0.934. The van der Waals surface area contributed by atoms with Crippen molar-refractivity contribution < 1.29 is 19.4 Å². The molecule has 1 aromatic carbocycles. The number of nitrogens with zero attached hydrogens (tertiary/aromatic N) is 1. The van der Waals surface area contributed by atoms with Crippen LogP contribution in [0.3, 0.4) is 0 Å². The highest BCUT2D eigenvalue weighted by molar-refractivity contribution is 9.10. The second kappa shape index (κ2) is 5.77. The summed E-state index contributed by atoms with van der Waals surface area (Å²) in [4.78, 5) is 25.2. The number of benzene rings is 1. The van der Waals surface area contributed by atoms with Crippen LogP contribution in [0.5, 0.6) is 0 Å². The molecule has 1 amide bonds. The number of rotatable bonds is 3. The number of hydrogen-bond acceptors (Lipinski definition) is 3. The zero-order valence-corrected chi connectivity index (χ0v) is 13.0. The molecule has 0 unspecified atom stereocenters. The van der Waals surface area contributed by atoms with E-state index in [1.807, 2.05) is 24.3 Å². The minimum atomic E-state index is -0.996. The minimum Gasteiger partial charge on any atom is -0.480 e. The molecule has 2 fully saturated rings. The molecule has 1 N–H and O–H groups in total. The number of amides is 1. The molecule has 112 valence electrons. The van der Waals surface area contributed by atoms with Crippen molar-refractivity contribution in [2.45, 2.75) is 18.4 Å². The Kier molecular flexibility index (Phi) is 3.99. The minimum absolute atomic E-state index is 0.0568. The summed E-state index contributed by atoms with van der Waals surface area (Å²) in [6.45, 7) is 0.849. The number of carboxylic acid groups (broad SMARTS) is 1. The Hall–Kier alpha value is -1.40. The van der Waals surface area contributed by atoms with Crippen LogP contribution >= 0.6 is 15.9 Å². The summed E-state index contributed by atoms with van der Waals surface area (Å²) in [5, 5.41) is 9.19. The van der Waals surface area contributed by atoms with Crippen molar-refractivity contribution in [3.8, 4) is 0 Å². The highest BCUT2D eigenvalue weighted by Crippen LogP contribution is 2.48. The predicted molar refractivity (Wildman–Crippen MR) is 78.9 cm³/mol. The van der Waals surface area contributed by atoms with Gasteiger partial charge < -0.3 is 14.7 Å². The number of hydrogen-bond donors (Lipinski definition) is 1. The van der Waals surface area contributed by atoms with E-state index < -0.39 is 12.0 Å². The maximum absolute atomic E-state index is 12.5. The van der Waals surface area contributed by atoms with Crippen LogP contribution in [0.15, 0.2) is 28.7 Å². The standard InChI is InChI=1S/C15H16BrNO4/c16-10-3-1-9(2-4-10)11-7-12(11)14(18)17-5-6-21-8-13(17)15(19)20/h1-4,11-13H,5-8H2,(H,19,20)/t11-,12-,13-/m0/s1. The maximum Gasteiger partial charge on any atom is 0.328 e. The van der Waals surface area contributed by atoms with Crippen molar-refractivity contribution >= 4 is 27.8 Å². The van der Waals surface area contributed by atoms with Gasteiger partial charge in [0.2, 0.25) is 5.91 Å². The van der Waals surface area contributed by atoms with Gasteiger partial charge in [0.05, 0.1) is 13.2 Å². The van der Waals surface area contributed by atoms with Gasteiger partial charge in [-0.15, -0.1) is 0 Å². The lowest BCUT2D eigenvalue weighted by Crippen LogP contribution is -2.53. The molecule has 3 rings (SSSR count). The van der Waals surface area contributed by atoms with Gasteiger partial charge in [0, 0.05) is 16.9 Å². The van der Waals surface area contributed by atoms with E-state index in [0.717, 1.165) is 16.5 Å². The van der Waals surface area contributed by atoms with Crippen LogP contribution in [0.4, 0.5) is 0 Å². The molecule has 1 aliphatic carbocycles. The summed E-state index contributed by atoms with van der Waals surface area (Å²) in [5.41, 5.74) is 1.14. The Labute approximate surface area is 131 Å². The van der Waals surface area contributed by atoms with Gasteiger partial charge in [-0.2, -0.15) is 0 Å². The van der Waals surface area contributed by atoms with Gasteiger partial charge in [0.15, 0.2) is 6.04 Å². The van der Waals surface area contributed by atoms with Crippen molar-refractivity contribution in [2.75, 3.05) is 19.8 Å². The Morgan fingerprint density at radius 3 is 2.67 bits per heavy atom. The van der Waals surface area contributed by atoms with E-state index in [1.165, 1.54) is 4.90 Å². The largest absolute Gasteiger partial charge is 0.480 e. The second-order valence-corrected chi connectivity index (χ2v) is 6.38. The molecule has 1 saturated carbocycles. The first-order valence-electron chi connectivity index (χ1n) is 6.94. The fourth-order valence-corrected chi connectivity index (χ4v) is 3.10. The van der Waals surface area contributed by atoms with Gasteiger partial charge in [0.25, 0.3) is 0 Å². The normalized spacial score (nSPS) is 28.2. The van der Waals surface area contributed by atoms with E-state index in [9.17, 15) is 14.7 Å². The number of halogens is 1. The first-order valence-corrected chi connectivity index (χ1v) is 7.73. The number of carboxylic acids is 1. The van der Waals surface area contributed by atoms with E-state index in [1.54, 1.807) is 0 Å². The fraction of sp³-hybridized carbons (Fsp3) is 0.467. The molecule has 0 spiro atoms. The Bertz CT molecular complexity index is 559. The molecule has 3 atom stereocenters. The Balaban J connectivity index is 1.69. The molecule has 5 nitrogen and oxygen atoms in total. The number of carbonyl (C=O) groups excluding carboxylic acids is 1. The number of ether oxygens (including phenoxy) is 1. The molecule has 0 bridgehead atoms. The van der Waals surface area contributed by atoms with Gasteiger partial charge in [-0.1, -0.05) is 28.1 Å². The highest BCUT2D eigenvalue weighted by Gasteiger charge is 2.48. The zero-order chi connectivity index (χ0) is 15.0. The zero-order valence-electron chi connectivity index (χ0n) is 11.4. The first kappa shape index (κ1) is 14.5. The summed E-state index contributed by atoms with van der Waals surface area (Å²) < 4.78 is 6.18. The molecule has 2 aliphatic rings. The van der Waals surface area contributed by atoms with E-state index in [2.05, 4.69) is 15.9 Å². The first-order chi connectivity index (χ1) is 10.1. The summed E-state index contributed by atoms with van der Waals surface area (Å²) in [7, 11) is 0. The third-order valence-corrected chi connectivity index (χ3v) is 4.63. The van der Waals surface area contributed by atoms with Gasteiger partial charge in [-0.3, -0.25) is 4.79 Å². The van der Waals surface area contributed by atoms with E-state index in [-0.39, 0.29) is 24.3 Å². The smallest absolute Gasteiger partial charge is 0.328 e. The number of morpholine rings is 1. The van der Waals surface area contributed by atoms with Crippen LogP contribution in [0.1, 0.15) is 17.9 Å². The van der Waals surface area contributed by atoms with Crippen molar-refractivity contribution in [3.63, 3.8) is 0 Å². The Morgan fingerprint density at radius 2 is 2.00 bits per heavy atom. The highest BCUT2D eigenvalue weighted by atomic mass is 79.9. The van der Waals surface area contributed by atoms with Crippen LogP contribution in [-0.2, 0) is 14.3 Å². The second-order valence-electron chi connectivity index (χ2n) is 5.46. The SMILES string of the molecule is O=C(O)[C@@H]1COCCN1C(=O)[C@H]1C[C@H]1c1ccc(Br)cc1. The quantitative estimate of drug-likeness (QED) is 0.900. The molecule has 0 radical (unpaired) electrons. The average Bonchev–Trinajstić information content (AvgIpc) is 3.27. The lowest BCUT2D eigenvalue weighted by atomic mass is 10.1. The van der Waals surface area contributed by atoms with Gasteiger partial charge in [0.1, 0.15) is 0 Å². The van der Waals surface area contributed by atoms with Gasteiger partial charge in [-0.05, 0) is 30.0 Å². The predicted octanol–water partition coefficient (Wildman–Crippen LogP) is 1.86. The Morgan fingerprint density at radius 1 is 1.29 bits per heavy atom. The van der Waals surface area contributed by atoms with Crippen LogP contribution in [0.2, 0.25) is 0 Å². The van der Waals surface area contributed by atoms with Crippen LogP contribution < -0.4 is 0 Å².